The van der Waals surface area contributed by atoms with E-state index in [0.717, 1.165) is 5.69 Å². The van der Waals surface area contributed by atoms with Crippen molar-refractivity contribution < 1.29 is 0 Å². The molecule has 0 bridgehead atoms. The second-order valence-corrected chi connectivity index (χ2v) is 19.8. The molecule has 0 aliphatic carbocycles. The van der Waals surface area contributed by atoms with E-state index < -0.39 is 13.3 Å². The number of hydrogen-bond acceptors (Lipinski definition) is 1. The molecule has 4 rings (SSSR count). The van der Waals surface area contributed by atoms with E-state index in [-0.39, 0.29) is 0 Å². The van der Waals surface area contributed by atoms with E-state index in [1.165, 1.54) is 44.2 Å². The Balaban J connectivity index is 1.84. The molecule has 2 heteroatoms. The second kappa shape index (κ2) is 7.46. The van der Waals surface area contributed by atoms with E-state index >= 15 is 0 Å². The second-order valence-electron chi connectivity index (χ2n) is 9.18. The molecule has 0 saturated carbocycles. The van der Waals surface area contributed by atoms with Gasteiger partial charge in [-0.15, -0.1) is 0 Å². The van der Waals surface area contributed by atoms with E-state index in [2.05, 4.69) is 98.7 Å². The summed E-state index contributed by atoms with van der Waals surface area (Å²) in [6.07, 6.45) is 2.02. The summed E-state index contributed by atoms with van der Waals surface area (Å²) < 4.78 is 1.56. The molecule has 1 nitrogen and oxygen atoms in total. The van der Waals surface area contributed by atoms with Crippen LogP contribution in [0, 0.1) is 20.8 Å². The summed E-state index contributed by atoms with van der Waals surface area (Å²) in [7, 11) is 0. The van der Waals surface area contributed by atoms with Crippen molar-refractivity contribution in [3.63, 3.8) is 0 Å². The van der Waals surface area contributed by atoms with Gasteiger partial charge in [-0.05, 0) is 0 Å². The predicted octanol–water partition coefficient (Wildman–Crippen LogP) is 7.04. The van der Waals surface area contributed by atoms with Crippen LogP contribution in [0.15, 0.2) is 66.9 Å². The van der Waals surface area contributed by atoms with Gasteiger partial charge in [0.2, 0.25) is 0 Å². The number of aryl methyl sites for hydroxylation is 3. The summed E-state index contributed by atoms with van der Waals surface area (Å²) in [5.41, 5.74) is 8.69. The Labute approximate surface area is 177 Å². The minimum absolute atomic E-state index is 1.04. The van der Waals surface area contributed by atoms with Gasteiger partial charge in [0.15, 0.2) is 0 Å². The molecule has 29 heavy (non-hydrogen) atoms. The third-order valence-corrected chi connectivity index (χ3v) is 10.1. The maximum absolute atomic E-state index is 4.78. The molecule has 0 saturated heterocycles. The molecule has 0 fully saturated rings. The third kappa shape index (κ3) is 3.89. The Bertz CT molecular complexity index is 1220. The van der Waals surface area contributed by atoms with Gasteiger partial charge in [-0.2, -0.15) is 0 Å². The van der Waals surface area contributed by atoms with Crippen molar-refractivity contribution in [1.29, 1.82) is 0 Å². The van der Waals surface area contributed by atoms with Crippen molar-refractivity contribution in [2.24, 2.45) is 0 Å². The quantitative estimate of drug-likeness (QED) is 0.312. The normalized spacial score (nSPS) is 11.8. The Morgan fingerprint density at radius 3 is 2.17 bits per heavy atom. The first-order valence-corrected chi connectivity index (χ1v) is 17.7. The summed E-state index contributed by atoms with van der Waals surface area (Å²) in [6, 6.07) is 22.4. The third-order valence-electron chi connectivity index (χ3n) is 5.85. The van der Waals surface area contributed by atoms with Crippen LogP contribution < -0.4 is 4.40 Å². The zero-order chi connectivity index (χ0) is 20.8. The zero-order valence-corrected chi connectivity index (χ0v) is 20.4. The number of nitrogens with zero attached hydrogens (tertiary/aromatic N) is 1. The number of benzene rings is 3. The van der Waals surface area contributed by atoms with Gasteiger partial charge in [0.1, 0.15) is 0 Å². The molecule has 4 aromatic rings. The molecule has 0 radical (unpaired) electrons. The summed E-state index contributed by atoms with van der Waals surface area (Å²) in [5, 5.41) is 2.58. The number of aromatic nitrogens is 1. The SMILES string of the molecule is Cc1c[c]([Ge]([CH3])([CH3])[CH3])ccc1-c1cc(-c2cc(C)c3ccccc3c2)ncc1C. The van der Waals surface area contributed by atoms with Gasteiger partial charge in [0, 0.05) is 0 Å². The van der Waals surface area contributed by atoms with Gasteiger partial charge in [0.25, 0.3) is 0 Å². The molecular weight excluding hydrogens is 411 g/mol. The standard InChI is InChI=1S/C27H29GeN/c1-18-13-22(15-21-9-7-8-10-24(18)21)27-16-26(20(3)17-29-27)25-12-11-23(14-19(25)2)28(4,5)6/h7-17H,1-6H3. The zero-order valence-electron chi connectivity index (χ0n) is 18.3. The Morgan fingerprint density at radius 2 is 1.45 bits per heavy atom. The van der Waals surface area contributed by atoms with E-state index in [9.17, 15) is 0 Å². The van der Waals surface area contributed by atoms with Gasteiger partial charge in [-0.3, -0.25) is 0 Å². The fourth-order valence-electron chi connectivity index (χ4n) is 4.05. The summed E-state index contributed by atoms with van der Waals surface area (Å²) in [6.45, 7) is 6.58. The van der Waals surface area contributed by atoms with Gasteiger partial charge < -0.3 is 0 Å². The molecule has 3 aromatic carbocycles. The van der Waals surface area contributed by atoms with Crippen molar-refractivity contribution in [3.05, 3.63) is 83.6 Å². The van der Waals surface area contributed by atoms with Gasteiger partial charge in [-0.25, -0.2) is 0 Å². The van der Waals surface area contributed by atoms with Gasteiger partial charge >= 0.3 is 171 Å². The Hall–Kier alpha value is -2.39. The molecule has 0 amide bonds. The van der Waals surface area contributed by atoms with Crippen molar-refractivity contribution in [1.82, 2.24) is 4.98 Å². The van der Waals surface area contributed by atoms with E-state index in [4.69, 9.17) is 4.98 Å². The van der Waals surface area contributed by atoms with E-state index in [1.54, 1.807) is 4.40 Å². The van der Waals surface area contributed by atoms with Crippen molar-refractivity contribution in [2.75, 3.05) is 0 Å². The number of fused-ring (bicyclic) bond motifs is 1. The van der Waals surface area contributed by atoms with Crippen molar-refractivity contribution in [2.45, 2.75) is 38.0 Å². The van der Waals surface area contributed by atoms with Crippen LogP contribution in [-0.2, 0) is 0 Å². The maximum atomic E-state index is 4.78. The molecule has 1 heterocycles. The van der Waals surface area contributed by atoms with Crippen LogP contribution in [0.2, 0.25) is 17.3 Å². The monoisotopic (exact) mass is 441 g/mol. The average Bonchev–Trinajstić information content (AvgIpc) is 2.68. The number of rotatable bonds is 3. The van der Waals surface area contributed by atoms with Crippen molar-refractivity contribution in [3.8, 4) is 22.4 Å². The number of hydrogen-bond donors (Lipinski definition) is 0. The molecule has 0 aliphatic heterocycles. The van der Waals surface area contributed by atoms with Crippen LogP contribution in [-0.4, -0.2) is 18.3 Å². The van der Waals surface area contributed by atoms with Gasteiger partial charge in [0.05, 0.1) is 0 Å². The van der Waals surface area contributed by atoms with Crippen LogP contribution >= 0.6 is 0 Å². The Morgan fingerprint density at radius 1 is 0.690 bits per heavy atom. The first kappa shape index (κ1) is 19.9. The van der Waals surface area contributed by atoms with Crippen LogP contribution in [0.4, 0.5) is 0 Å². The predicted molar refractivity (Wildman–Crippen MR) is 130 cm³/mol. The van der Waals surface area contributed by atoms with Crippen LogP contribution in [0.3, 0.4) is 0 Å². The summed E-state index contributed by atoms with van der Waals surface area (Å²) >= 11 is -1.82. The number of pyridine rings is 1. The Kier molecular flexibility index (Phi) is 5.12. The fourth-order valence-corrected chi connectivity index (χ4v) is 6.64. The molecule has 0 spiro atoms. The fraction of sp³-hybridized carbons (Fsp3) is 0.222. The van der Waals surface area contributed by atoms with Gasteiger partial charge in [-0.1, -0.05) is 6.07 Å². The van der Waals surface area contributed by atoms with Crippen LogP contribution in [0.1, 0.15) is 16.7 Å². The van der Waals surface area contributed by atoms with E-state index in [0.29, 0.717) is 0 Å². The molecule has 0 unspecified atom stereocenters. The van der Waals surface area contributed by atoms with Crippen LogP contribution in [0.5, 0.6) is 0 Å². The van der Waals surface area contributed by atoms with Crippen LogP contribution in [0.25, 0.3) is 33.2 Å². The first-order chi connectivity index (χ1) is 13.7. The molecule has 0 N–H and O–H groups in total. The molecule has 0 atom stereocenters. The van der Waals surface area contributed by atoms with Crippen molar-refractivity contribution >= 4 is 28.4 Å². The first-order valence-electron chi connectivity index (χ1n) is 10.3. The summed E-state index contributed by atoms with van der Waals surface area (Å²) in [4.78, 5) is 4.78. The molecule has 0 aliphatic rings. The minimum atomic E-state index is -1.82. The molecule has 146 valence electrons. The molecular formula is C27H29GeN. The topological polar surface area (TPSA) is 12.9 Å². The van der Waals surface area contributed by atoms with E-state index in [1.807, 2.05) is 6.20 Å². The summed E-state index contributed by atoms with van der Waals surface area (Å²) in [5.74, 6) is 7.35. The average molecular weight is 440 g/mol. The molecule has 1 aromatic heterocycles.